The summed E-state index contributed by atoms with van der Waals surface area (Å²) in [6.07, 6.45) is 6.18. The standard InChI is InChI=1S/C19H20ClN5O/c20-16-11-22-24-18(16)19(26)25-8-4-7-14(12-25)17-15(10-21-23-17)9-13-5-2-1-3-6-13/h1-3,5-6,10-11,14H,4,7-9,12H2,(H,21,23)(H,22,24). The summed E-state index contributed by atoms with van der Waals surface area (Å²) in [6.45, 7) is 1.38. The molecule has 26 heavy (non-hydrogen) atoms. The molecule has 1 unspecified atom stereocenters. The lowest BCUT2D eigenvalue weighted by atomic mass is 9.90. The van der Waals surface area contributed by atoms with Crippen molar-refractivity contribution in [2.45, 2.75) is 25.2 Å². The van der Waals surface area contributed by atoms with E-state index in [1.54, 1.807) is 0 Å². The smallest absolute Gasteiger partial charge is 0.273 e. The Morgan fingerprint density at radius 2 is 2.00 bits per heavy atom. The summed E-state index contributed by atoms with van der Waals surface area (Å²) in [5.74, 6) is 0.150. The van der Waals surface area contributed by atoms with Crippen LogP contribution in [0.25, 0.3) is 0 Å². The predicted octanol–water partition coefficient (Wildman–Crippen LogP) is 3.40. The van der Waals surface area contributed by atoms with Gasteiger partial charge < -0.3 is 4.90 Å². The van der Waals surface area contributed by atoms with Crippen LogP contribution in [0.4, 0.5) is 0 Å². The van der Waals surface area contributed by atoms with Gasteiger partial charge in [-0.25, -0.2) is 0 Å². The number of hydrogen-bond acceptors (Lipinski definition) is 3. The molecule has 2 aromatic heterocycles. The molecule has 1 atom stereocenters. The van der Waals surface area contributed by atoms with Crippen LogP contribution in [0.3, 0.4) is 0 Å². The van der Waals surface area contributed by atoms with Gasteiger partial charge in [-0.1, -0.05) is 41.9 Å². The summed E-state index contributed by atoms with van der Waals surface area (Å²) < 4.78 is 0. The summed E-state index contributed by atoms with van der Waals surface area (Å²) in [7, 11) is 0. The van der Waals surface area contributed by atoms with E-state index in [0.717, 1.165) is 31.5 Å². The molecule has 0 spiro atoms. The average molecular weight is 370 g/mol. The van der Waals surface area contributed by atoms with Crippen molar-refractivity contribution in [1.29, 1.82) is 0 Å². The number of carbonyl (C=O) groups is 1. The van der Waals surface area contributed by atoms with E-state index in [1.807, 2.05) is 29.3 Å². The largest absolute Gasteiger partial charge is 0.337 e. The predicted molar refractivity (Wildman–Crippen MR) is 99.3 cm³/mol. The van der Waals surface area contributed by atoms with Crippen molar-refractivity contribution in [2.75, 3.05) is 13.1 Å². The number of amides is 1. The number of carbonyl (C=O) groups excluding carboxylic acids is 1. The van der Waals surface area contributed by atoms with Gasteiger partial charge in [-0.3, -0.25) is 15.0 Å². The monoisotopic (exact) mass is 369 g/mol. The number of halogens is 1. The molecular weight excluding hydrogens is 350 g/mol. The second kappa shape index (κ2) is 7.33. The number of aromatic amines is 2. The minimum absolute atomic E-state index is 0.0960. The molecule has 1 amide bonds. The first kappa shape index (κ1) is 16.8. The van der Waals surface area contributed by atoms with Gasteiger partial charge in [0.2, 0.25) is 0 Å². The van der Waals surface area contributed by atoms with Crippen molar-refractivity contribution in [2.24, 2.45) is 0 Å². The van der Waals surface area contributed by atoms with Gasteiger partial charge in [-0.15, -0.1) is 0 Å². The Morgan fingerprint density at radius 1 is 1.19 bits per heavy atom. The van der Waals surface area contributed by atoms with Crippen molar-refractivity contribution in [3.05, 3.63) is 70.3 Å². The highest BCUT2D eigenvalue weighted by molar-refractivity contribution is 6.33. The molecule has 0 aliphatic carbocycles. The zero-order valence-electron chi connectivity index (χ0n) is 14.3. The minimum Gasteiger partial charge on any atom is -0.337 e. The van der Waals surface area contributed by atoms with Crippen LogP contribution in [0.15, 0.2) is 42.7 Å². The first-order valence-electron chi connectivity index (χ1n) is 8.76. The Kier molecular flexibility index (Phi) is 4.75. The van der Waals surface area contributed by atoms with E-state index in [4.69, 9.17) is 11.6 Å². The van der Waals surface area contributed by atoms with Gasteiger partial charge in [0.05, 0.1) is 17.4 Å². The number of hydrogen-bond donors (Lipinski definition) is 2. The minimum atomic E-state index is -0.0960. The number of likely N-dealkylation sites (tertiary alicyclic amines) is 1. The highest BCUT2D eigenvalue weighted by Gasteiger charge is 2.29. The van der Waals surface area contributed by atoms with Crippen LogP contribution >= 0.6 is 11.6 Å². The van der Waals surface area contributed by atoms with Gasteiger partial charge in [-0.05, 0) is 24.0 Å². The molecule has 3 aromatic rings. The maximum absolute atomic E-state index is 12.7. The Labute approximate surface area is 156 Å². The number of piperidine rings is 1. The SMILES string of the molecule is O=C(c1[nH]ncc1Cl)N1CCCC(c2[nH]ncc2Cc2ccccc2)C1. The second-order valence-corrected chi connectivity index (χ2v) is 7.06. The van der Waals surface area contributed by atoms with Crippen LogP contribution in [0, 0.1) is 0 Å². The number of H-pyrrole nitrogens is 2. The lowest BCUT2D eigenvalue weighted by molar-refractivity contribution is 0.0699. The summed E-state index contributed by atoms with van der Waals surface area (Å²) in [4.78, 5) is 14.6. The molecule has 7 heteroatoms. The average Bonchev–Trinajstić information content (AvgIpc) is 3.31. The lowest BCUT2D eigenvalue weighted by Gasteiger charge is -2.32. The molecule has 1 aliphatic rings. The lowest BCUT2D eigenvalue weighted by Crippen LogP contribution is -2.39. The normalized spacial score (nSPS) is 17.4. The highest BCUT2D eigenvalue weighted by atomic mass is 35.5. The molecule has 1 fully saturated rings. The van der Waals surface area contributed by atoms with Crippen molar-refractivity contribution in [1.82, 2.24) is 25.3 Å². The fraction of sp³-hybridized carbons (Fsp3) is 0.316. The van der Waals surface area contributed by atoms with Crippen molar-refractivity contribution < 1.29 is 4.79 Å². The summed E-state index contributed by atoms with van der Waals surface area (Å²) in [6, 6.07) is 10.3. The molecule has 2 N–H and O–H groups in total. The molecule has 0 saturated carbocycles. The summed E-state index contributed by atoms with van der Waals surface area (Å²) >= 11 is 6.05. The third-order valence-corrected chi connectivity index (χ3v) is 5.20. The van der Waals surface area contributed by atoms with Gasteiger partial charge in [0, 0.05) is 31.1 Å². The molecular formula is C19H20ClN5O. The first-order valence-corrected chi connectivity index (χ1v) is 9.14. The number of nitrogens with zero attached hydrogens (tertiary/aromatic N) is 3. The molecule has 1 aromatic carbocycles. The molecule has 134 valence electrons. The van der Waals surface area contributed by atoms with Crippen molar-refractivity contribution in [3.8, 4) is 0 Å². The van der Waals surface area contributed by atoms with Crippen LogP contribution in [-0.4, -0.2) is 44.3 Å². The van der Waals surface area contributed by atoms with Gasteiger partial charge in [-0.2, -0.15) is 10.2 Å². The number of benzene rings is 1. The van der Waals surface area contributed by atoms with E-state index < -0.39 is 0 Å². The molecule has 0 radical (unpaired) electrons. The van der Waals surface area contributed by atoms with Gasteiger partial charge in [0.1, 0.15) is 5.69 Å². The van der Waals surface area contributed by atoms with E-state index in [9.17, 15) is 4.79 Å². The zero-order chi connectivity index (χ0) is 17.9. The summed E-state index contributed by atoms with van der Waals surface area (Å²) in [5, 5.41) is 14.3. The molecule has 1 aliphatic heterocycles. The van der Waals surface area contributed by atoms with Crippen molar-refractivity contribution >= 4 is 17.5 Å². The first-order chi connectivity index (χ1) is 12.7. The topological polar surface area (TPSA) is 77.7 Å². The Morgan fingerprint density at radius 3 is 2.77 bits per heavy atom. The molecule has 6 nitrogen and oxygen atoms in total. The van der Waals surface area contributed by atoms with E-state index in [1.165, 1.54) is 17.3 Å². The van der Waals surface area contributed by atoms with Crippen LogP contribution < -0.4 is 0 Å². The van der Waals surface area contributed by atoms with E-state index >= 15 is 0 Å². The molecule has 1 saturated heterocycles. The van der Waals surface area contributed by atoms with Crippen LogP contribution in [0.1, 0.15) is 46.1 Å². The number of aromatic nitrogens is 4. The van der Waals surface area contributed by atoms with Gasteiger partial charge >= 0.3 is 0 Å². The van der Waals surface area contributed by atoms with Gasteiger partial charge in [0.15, 0.2) is 0 Å². The molecule has 4 rings (SSSR count). The van der Waals surface area contributed by atoms with E-state index in [0.29, 0.717) is 17.3 Å². The maximum atomic E-state index is 12.7. The number of nitrogens with one attached hydrogen (secondary N) is 2. The van der Waals surface area contributed by atoms with Crippen LogP contribution in [0.2, 0.25) is 5.02 Å². The Balaban J connectivity index is 1.51. The van der Waals surface area contributed by atoms with E-state index in [2.05, 4.69) is 32.5 Å². The molecule has 0 bridgehead atoms. The summed E-state index contributed by atoms with van der Waals surface area (Å²) in [5.41, 5.74) is 3.93. The third kappa shape index (κ3) is 3.37. The van der Waals surface area contributed by atoms with Gasteiger partial charge in [0.25, 0.3) is 5.91 Å². The fourth-order valence-corrected chi connectivity index (χ4v) is 3.78. The van der Waals surface area contributed by atoms with Crippen LogP contribution in [-0.2, 0) is 6.42 Å². The number of rotatable bonds is 4. The quantitative estimate of drug-likeness (QED) is 0.739. The zero-order valence-corrected chi connectivity index (χ0v) is 15.0. The Hall–Kier alpha value is -2.60. The second-order valence-electron chi connectivity index (χ2n) is 6.65. The van der Waals surface area contributed by atoms with Crippen molar-refractivity contribution in [3.63, 3.8) is 0 Å². The molecule has 3 heterocycles. The maximum Gasteiger partial charge on any atom is 0.273 e. The highest BCUT2D eigenvalue weighted by Crippen LogP contribution is 2.30. The van der Waals surface area contributed by atoms with E-state index in [-0.39, 0.29) is 11.8 Å². The fourth-order valence-electron chi connectivity index (χ4n) is 3.61. The third-order valence-electron chi connectivity index (χ3n) is 4.91. The van der Waals surface area contributed by atoms with Crippen LogP contribution in [0.5, 0.6) is 0 Å². The Bertz CT molecular complexity index is 888.